The van der Waals surface area contributed by atoms with Gasteiger partial charge in [-0.25, -0.2) is 0 Å². The number of Topliss-reactive ketones (excluding diaryl/α,β-unsaturated/α-hetero) is 1. The van der Waals surface area contributed by atoms with Gasteiger partial charge < -0.3 is 9.31 Å². The van der Waals surface area contributed by atoms with Crippen molar-refractivity contribution >= 4 is 12.9 Å². The highest BCUT2D eigenvalue weighted by atomic mass is 16.7. The Bertz CT molecular complexity index is 249. The number of carbonyl (C=O) groups excluding carboxylic acids is 1. The molecule has 0 bridgehead atoms. The molecule has 0 atom stereocenters. The van der Waals surface area contributed by atoms with Crippen LogP contribution in [-0.4, -0.2) is 24.1 Å². The summed E-state index contributed by atoms with van der Waals surface area (Å²) < 4.78 is 11.7. The van der Waals surface area contributed by atoms with Gasteiger partial charge >= 0.3 is 7.12 Å². The SMILES string of the molecule is CC1(C)OB(C2CC(=O)C2)OC1(C)C. The Morgan fingerprint density at radius 3 is 1.93 bits per heavy atom. The van der Waals surface area contributed by atoms with Gasteiger partial charge in [0.25, 0.3) is 0 Å². The van der Waals surface area contributed by atoms with Crippen LogP contribution < -0.4 is 0 Å². The summed E-state index contributed by atoms with van der Waals surface area (Å²) in [6.45, 7) is 8.14. The lowest BCUT2D eigenvalue weighted by Gasteiger charge is -2.32. The van der Waals surface area contributed by atoms with Crippen LogP contribution in [0.2, 0.25) is 5.82 Å². The average molecular weight is 196 g/mol. The largest absolute Gasteiger partial charge is 0.462 e. The topological polar surface area (TPSA) is 35.5 Å². The van der Waals surface area contributed by atoms with Crippen LogP contribution in [-0.2, 0) is 14.1 Å². The number of carbonyl (C=O) groups is 1. The molecule has 0 radical (unpaired) electrons. The van der Waals surface area contributed by atoms with Crippen LogP contribution in [0.3, 0.4) is 0 Å². The second-order valence-electron chi connectivity index (χ2n) is 5.33. The van der Waals surface area contributed by atoms with Gasteiger partial charge in [-0.1, -0.05) is 0 Å². The van der Waals surface area contributed by atoms with E-state index >= 15 is 0 Å². The first-order chi connectivity index (χ1) is 6.32. The van der Waals surface area contributed by atoms with Crippen LogP contribution in [0.25, 0.3) is 0 Å². The molecule has 2 rings (SSSR count). The molecule has 0 N–H and O–H groups in total. The minimum atomic E-state index is -0.268. The van der Waals surface area contributed by atoms with E-state index < -0.39 is 0 Å². The van der Waals surface area contributed by atoms with Crippen molar-refractivity contribution in [2.45, 2.75) is 57.6 Å². The molecule has 78 valence electrons. The van der Waals surface area contributed by atoms with Gasteiger partial charge in [0.2, 0.25) is 0 Å². The quantitative estimate of drug-likeness (QED) is 0.600. The van der Waals surface area contributed by atoms with Crippen LogP contribution in [0.5, 0.6) is 0 Å². The second kappa shape index (κ2) is 2.83. The number of rotatable bonds is 1. The molecule has 14 heavy (non-hydrogen) atoms. The van der Waals surface area contributed by atoms with Crippen molar-refractivity contribution in [2.75, 3.05) is 0 Å². The van der Waals surface area contributed by atoms with Crippen molar-refractivity contribution in [2.24, 2.45) is 0 Å². The first kappa shape index (κ1) is 10.2. The summed E-state index contributed by atoms with van der Waals surface area (Å²) in [6.07, 6.45) is 1.24. The van der Waals surface area contributed by atoms with Crippen LogP contribution in [0.1, 0.15) is 40.5 Å². The Balaban J connectivity index is 2.03. The molecule has 0 aromatic heterocycles. The fraction of sp³-hybridized carbons (Fsp3) is 0.900. The Hall–Kier alpha value is -0.345. The van der Waals surface area contributed by atoms with Gasteiger partial charge in [0.05, 0.1) is 11.2 Å². The third-order valence-corrected chi connectivity index (χ3v) is 3.64. The normalized spacial score (nSPS) is 30.6. The highest BCUT2D eigenvalue weighted by molar-refractivity contribution is 6.49. The van der Waals surface area contributed by atoms with Crippen LogP contribution in [0, 0.1) is 0 Å². The molecule has 0 spiro atoms. The molecular weight excluding hydrogens is 179 g/mol. The number of hydrogen-bond donors (Lipinski definition) is 0. The Kier molecular flexibility index (Phi) is 2.06. The summed E-state index contributed by atoms with van der Waals surface area (Å²) in [7, 11) is -0.183. The van der Waals surface area contributed by atoms with E-state index in [2.05, 4.69) is 0 Å². The minimum absolute atomic E-state index is 0.183. The molecule has 1 saturated heterocycles. The van der Waals surface area contributed by atoms with Crippen molar-refractivity contribution in [1.29, 1.82) is 0 Å². The molecule has 1 saturated carbocycles. The molecule has 0 amide bonds. The average Bonchev–Trinajstić information content (AvgIpc) is 2.15. The van der Waals surface area contributed by atoms with Gasteiger partial charge in [-0.15, -0.1) is 0 Å². The summed E-state index contributed by atoms with van der Waals surface area (Å²) >= 11 is 0. The lowest BCUT2D eigenvalue weighted by atomic mass is 9.60. The fourth-order valence-electron chi connectivity index (χ4n) is 1.80. The van der Waals surface area contributed by atoms with Crippen molar-refractivity contribution < 1.29 is 14.1 Å². The van der Waals surface area contributed by atoms with E-state index in [0.29, 0.717) is 18.6 Å². The molecule has 0 aromatic carbocycles. The van der Waals surface area contributed by atoms with Gasteiger partial charge in [-0.3, -0.25) is 4.79 Å². The van der Waals surface area contributed by atoms with Crippen molar-refractivity contribution in [3.8, 4) is 0 Å². The van der Waals surface area contributed by atoms with Crippen molar-refractivity contribution in [3.05, 3.63) is 0 Å². The van der Waals surface area contributed by atoms with Crippen LogP contribution in [0.4, 0.5) is 0 Å². The van der Waals surface area contributed by atoms with Crippen molar-refractivity contribution in [1.82, 2.24) is 0 Å². The van der Waals surface area contributed by atoms with Crippen molar-refractivity contribution in [3.63, 3.8) is 0 Å². The third kappa shape index (κ3) is 1.41. The zero-order valence-electron chi connectivity index (χ0n) is 9.29. The highest BCUT2D eigenvalue weighted by Gasteiger charge is 2.55. The number of hydrogen-bond acceptors (Lipinski definition) is 3. The Morgan fingerprint density at radius 2 is 1.57 bits per heavy atom. The summed E-state index contributed by atoms with van der Waals surface area (Å²) in [5.41, 5.74) is -0.535. The first-order valence-electron chi connectivity index (χ1n) is 5.19. The van der Waals surface area contributed by atoms with Gasteiger partial charge in [-0.2, -0.15) is 0 Å². The molecular formula is C10H17BO3. The van der Waals surface area contributed by atoms with Crippen LogP contribution in [0.15, 0.2) is 0 Å². The van der Waals surface area contributed by atoms with Gasteiger partial charge in [0, 0.05) is 18.7 Å². The fourth-order valence-corrected chi connectivity index (χ4v) is 1.80. The maximum Gasteiger partial charge on any atom is 0.462 e. The number of ketones is 1. The lowest BCUT2D eigenvalue weighted by molar-refractivity contribution is -0.123. The molecule has 0 aromatic rings. The lowest BCUT2D eigenvalue weighted by Crippen LogP contribution is -2.41. The van der Waals surface area contributed by atoms with Gasteiger partial charge in [0.1, 0.15) is 5.78 Å². The predicted octanol–water partition coefficient (Wildman–Crippen LogP) is 1.81. The van der Waals surface area contributed by atoms with Gasteiger partial charge in [0.15, 0.2) is 0 Å². The summed E-state index contributed by atoms with van der Waals surface area (Å²) in [4.78, 5) is 10.9. The molecule has 3 nitrogen and oxygen atoms in total. The molecule has 1 aliphatic heterocycles. The van der Waals surface area contributed by atoms with E-state index in [1.54, 1.807) is 0 Å². The molecule has 2 aliphatic rings. The maximum atomic E-state index is 10.9. The second-order valence-corrected chi connectivity index (χ2v) is 5.33. The molecule has 4 heteroatoms. The van der Waals surface area contributed by atoms with E-state index in [1.165, 1.54) is 0 Å². The van der Waals surface area contributed by atoms with E-state index in [-0.39, 0.29) is 24.1 Å². The summed E-state index contributed by atoms with van der Waals surface area (Å²) in [5, 5.41) is 0. The van der Waals surface area contributed by atoms with E-state index in [1.807, 2.05) is 27.7 Å². The molecule has 0 unspecified atom stereocenters. The zero-order chi connectivity index (χ0) is 10.6. The predicted molar refractivity (Wildman–Crippen MR) is 54.1 cm³/mol. The Labute approximate surface area is 85.3 Å². The smallest absolute Gasteiger partial charge is 0.403 e. The van der Waals surface area contributed by atoms with Crippen LogP contribution >= 0.6 is 0 Å². The Morgan fingerprint density at radius 1 is 1.14 bits per heavy atom. The van der Waals surface area contributed by atoms with E-state index in [4.69, 9.17) is 9.31 Å². The third-order valence-electron chi connectivity index (χ3n) is 3.64. The summed E-state index contributed by atoms with van der Waals surface area (Å²) in [5.74, 6) is 0.605. The van der Waals surface area contributed by atoms with E-state index in [0.717, 1.165) is 0 Å². The zero-order valence-corrected chi connectivity index (χ0v) is 9.29. The standard InChI is InChI=1S/C10H17BO3/c1-9(2)10(3,4)14-11(13-9)7-5-8(12)6-7/h7H,5-6H2,1-4H3. The molecule has 1 heterocycles. The first-order valence-corrected chi connectivity index (χ1v) is 5.19. The maximum absolute atomic E-state index is 10.9. The minimum Gasteiger partial charge on any atom is -0.403 e. The summed E-state index contributed by atoms with van der Waals surface area (Å²) in [6, 6.07) is 0. The monoisotopic (exact) mass is 196 g/mol. The van der Waals surface area contributed by atoms with Gasteiger partial charge in [-0.05, 0) is 27.7 Å². The molecule has 1 aliphatic carbocycles. The highest BCUT2D eigenvalue weighted by Crippen LogP contribution is 2.44. The molecule has 2 fully saturated rings. The van der Waals surface area contributed by atoms with E-state index in [9.17, 15) is 4.79 Å².